The van der Waals surface area contributed by atoms with Crippen LogP contribution in [0.2, 0.25) is 0 Å². The van der Waals surface area contributed by atoms with E-state index in [1.165, 1.54) is 75.2 Å². The number of H-pyrrole nitrogens is 1. The fourth-order valence-corrected chi connectivity index (χ4v) is 12.4. The van der Waals surface area contributed by atoms with Gasteiger partial charge >= 0.3 is 5.95 Å². The van der Waals surface area contributed by atoms with Crippen LogP contribution in [0.25, 0.3) is 4.85 Å². The maximum Gasteiger partial charge on any atom is 0.371 e. The Morgan fingerprint density at radius 1 is 0.473 bits per heavy atom. The summed E-state index contributed by atoms with van der Waals surface area (Å²) in [5.41, 5.74) is 5.57. The molecule has 2 saturated heterocycles. The summed E-state index contributed by atoms with van der Waals surface area (Å²) >= 11 is 0. The first-order valence-corrected chi connectivity index (χ1v) is 51.2. The summed E-state index contributed by atoms with van der Waals surface area (Å²) < 4.78 is 19.8. The van der Waals surface area contributed by atoms with Gasteiger partial charge in [0.15, 0.2) is 12.2 Å². The number of hydrogen-bond donors (Lipinski definition) is 13. The molecular weight excluding hydrogens is 1900 g/mol. The van der Waals surface area contributed by atoms with Crippen LogP contribution in [0.1, 0.15) is 311 Å². The van der Waals surface area contributed by atoms with E-state index in [4.69, 9.17) is 30.6 Å². The molecule has 2 aliphatic heterocycles. The lowest BCUT2D eigenvalue weighted by Crippen LogP contribution is -2.47. The standard InChI is InChI=1S/C11H14N4O.2C11H17N3O2.C11H20N2O2.C11H21NO2.C10H15N3O2.C10H15N3O.2C10H16N2O2.C10H19NO3/c1-8(2)4-5-10(16)15-9-6-13-11(12-3)14-7-9;1-8(2)4-5-10(15)13-9-6-12-7-11(14-9)16-3;1-8(2)4-5-9(15)13-11-12-7-6-10(14-11)16-3;1-8(2)5-6-10(14)13-7-3-4-9(13)11(12)15;1-9(2)4-5-10(13)12-8-11(14)6-3-7-11;1-7(2)3-4-8(14)12-10-11-6-5-9(15)13-10;1-8(2)3-4-10(14)13-9-5-11-7-12-6-9;1-8(2)3-4-10(13)12-6-9-5-11-7-14-9;1-8(2)3-4-9(13)12-7-10-11-5-6-14-10;1-7(2)3-4-10(14)11-5-8(12)9(13)6-11/h6-8H,4-5H2,1-2H3,(H,15,16);6-8H,4-5H2,1-3H3,(H,13,14,15);6-8H,4-5H2,1-3H3,(H,12,13,14,15);8-9H,3-7H2,1-2H3,(H2,12,15);9,14H,3-8H2,1-2H3,(H,12,13);5-7H,3-4H2,1-2H3,(H2,11,12,13,14,15);5-8H,3-4H2,1-2H3,(H,13,14);5,7-8H,3-4,6H2,1-2H3,(H,12,13);5-6,8H,3-4,7H2,1-2H3,(H,12,13);7-9,12-13H,3-6H2,1-2H3. The quantitative estimate of drug-likeness (QED) is 0.0158. The van der Waals surface area contributed by atoms with E-state index in [9.17, 15) is 72.9 Å². The summed E-state index contributed by atoms with van der Waals surface area (Å²) in [7, 11) is 3.03. The zero-order valence-corrected chi connectivity index (χ0v) is 91.3. The number of nitrogens with two attached hydrogens (primary N) is 1. The first-order valence-electron chi connectivity index (χ1n) is 51.2. The van der Waals surface area contributed by atoms with Crippen LogP contribution in [-0.4, -0.2) is 214 Å². The molecule has 148 heavy (non-hydrogen) atoms. The third-order valence-electron chi connectivity index (χ3n) is 21.7. The number of anilines is 5. The molecule has 3 unspecified atom stereocenters. The molecule has 11 amide bonds. The van der Waals surface area contributed by atoms with Gasteiger partial charge in [0.25, 0.3) is 5.56 Å². The molecule has 0 radical (unpaired) electrons. The number of carbonyl (C=O) groups excluding carboxylic acids is 11. The average Bonchev–Trinajstić information content (AvgIpc) is 0.948. The number of amides is 11. The van der Waals surface area contributed by atoms with Gasteiger partial charge in [-0.15, -0.1) is 6.57 Å². The van der Waals surface area contributed by atoms with Gasteiger partial charge < -0.3 is 85.9 Å². The van der Waals surface area contributed by atoms with Gasteiger partial charge in [0.05, 0.1) is 88.0 Å². The lowest BCUT2D eigenvalue weighted by Gasteiger charge is -2.36. The number of ether oxygens (including phenoxy) is 2. The normalized spacial score (nSPS) is 13.8. The highest BCUT2D eigenvalue weighted by Gasteiger charge is 2.36. The Kier molecular flexibility index (Phi) is 69.2. The van der Waals surface area contributed by atoms with Crippen molar-refractivity contribution in [3.05, 3.63) is 127 Å². The first kappa shape index (κ1) is 133. The SMILES string of the molecule is CC(C)CCC(=O)N1CC(O)C(O)C1.CC(C)CCC(=O)N1CCCC1C(N)=O.CC(C)CCC(=O)NCC1(O)CCC1.CC(C)CCC(=O)NCc1cnco1.CC(C)CCC(=O)NCc1ncco1.CC(C)CCC(=O)Nc1cncnc1.CC(C)CCC(=O)Nc1nccc(=O)[nH]1.COc1ccnc(NC(=O)CCC(C)C)n1.COc1cncc(NC(=O)CCC(C)C)n1.[C-]#[N+]c1ncc(NC(=O)CCC(C)C)cn1. The van der Waals surface area contributed by atoms with E-state index < -0.39 is 17.8 Å². The summed E-state index contributed by atoms with van der Waals surface area (Å²) in [4.78, 5) is 187. The minimum absolute atomic E-state index is 0.0218. The third-order valence-corrected chi connectivity index (χ3v) is 21.7. The van der Waals surface area contributed by atoms with Gasteiger partial charge in [-0.1, -0.05) is 138 Å². The van der Waals surface area contributed by atoms with Crippen molar-refractivity contribution in [1.29, 1.82) is 0 Å². The zero-order valence-electron chi connectivity index (χ0n) is 91.3. The number of β-amino-alcohol motifs (C(OH)–C–C–N with tert-alkyl or cyclic N) is 2. The lowest BCUT2D eigenvalue weighted by atomic mass is 9.80. The molecule has 43 heteroatoms. The predicted octanol–water partition coefficient (Wildman–Crippen LogP) is 14.9. The van der Waals surface area contributed by atoms with Crippen LogP contribution in [0, 0.1) is 65.8 Å². The molecule has 14 N–H and O–H groups in total. The maximum absolute atomic E-state index is 11.8. The van der Waals surface area contributed by atoms with Crippen molar-refractivity contribution in [2.75, 3.05) is 67.0 Å². The lowest BCUT2D eigenvalue weighted by molar-refractivity contribution is -0.137. The van der Waals surface area contributed by atoms with E-state index in [0.29, 0.717) is 190 Å². The van der Waals surface area contributed by atoms with Gasteiger partial charge in [-0.2, -0.15) is 19.9 Å². The molecule has 43 nitrogen and oxygen atoms in total. The van der Waals surface area contributed by atoms with E-state index in [-0.39, 0.29) is 108 Å². The largest absolute Gasteiger partial charge is 0.481 e. The van der Waals surface area contributed by atoms with Crippen LogP contribution < -0.4 is 63.3 Å². The van der Waals surface area contributed by atoms with Gasteiger partial charge in [-0.05, 0) is 155 Å². The molecule has 3 atom stereocenters. The van der Waals surface area contributed by atoms with E-state index in [2.05, 4.69) is 246 Å². The summed E-state index contributed by atoms with van der Waals surface area (Å²) in [5, 5.41) is 49.8. The third kappa shape index (κ3) is 69.0. The number of oxazole rings is 2. The summed E-state index contributed by atoms with van der Waals surface area (Å²) in [6, 6.07) is 2.57. The van der Waals surface area contributed by atoms with Crippen molar-refractivity contribution < 1.29 is 86.4 Å². The minimum atomic E-state index is -0.766. The molecule has 0 aromatic carbocycles. The second-order valence-corrected chi connectivity index (χ2v) is 40.1. The van der Waals surface area contributed by atoms with Crippen molar-refractivity contribution in [3.8, 4) is 11.8 Å². The molecule has 824 valence electrons. The van der Waals surface area contributed by atoms with Crippen LogP contribution in [0.15, 0.2) is 107 Å². The van der Waals surface area contributed by atoms with E-state index in [1.807, 2.05) is 0 Å². The summed E-state index contributed by atoms with van der Waals surface area (Å²) in [6.45, 7) is 50.8. The van der Waals surface area contributed by atoms with Crippen molar-refractivity contribution in [3.63, 3.8) is 0 Å². The number of primary amides is 1. The summed E-state index contributed by atoms with van der Waals surface area (Å²) in [6.07, 6.45) is 36.2. The molecule has 7 aromatic rings. The molecular formula is C105H170N24O19. The molecule has 1 saturated carbocycles. The number of methoxy groups -OCH3 is 2. The van der Waals surface area contributed by atoms with Gasteiger partial charge in [0.1, 0.15) is 42.5 Å². The fourth-order valence-electron chi connectivity index (χ4n) is 12.4. The molecule has 0 bridgehead atoms. The van der Waals surface area contributed by atoms with Gasteiger partial charge in [0.2, 0.25) is 94.5 Å². The highest BCUT2D eigenvalue weighted by molar-refractivity contribution is 5.92. The number of aliphatic hydroxyl groups excluding tert-OH is 2. The van der Waals surface area contributed by atoms with Gasteiger partial charge in [-0.3, -0.25) is 78.1 Å². The zero-order chi connectivity index (χ0) is 111. The van der Waals surface area contributed by atoms with Gasteiger partial charge in [0, 0.05) is 115 Å². The van der Waals surface area contributed by atoms with E-state index >= 15 is 0 Å². The number of nitrogens with zero attached hydrogens (tertiary/aromatic N) is 14. The van der Waals surface area contributed by atoms with Crippen molar-refractivity contribution in [2.24, 2.45) is 64.9 Å². The van der Waals surface area contributed by atoms with Crippen LogP contribution in [0.3, 0.4) is 0 Å². The average molecular weight is 2070 g/mol. The maximum atomic E-state index is 11.8. The van der Waals surface area contributed by atoms with E-state index in [0.717, 1.165) is 96.3 Å². The Balaban J connectivity index is 0.000000823. The monoisotopic (exact) mass is 2070 g/mol. The Morgan fingerprint density at radius 3 is 1.34 bits per heavy atom. The molecule has 1 aliphatic carbocycles. The topological polar surface area (TPSA) is 601 Å². The van der Waals surface area contributed by atoms with Gasteiger partial charge in [-0.25, -0.2) is 29.9 Å². The molecule has 10 rings (SSSR count). The van der Waals surface area contributed by atoms with Crippen LogP contribution in [-0.2, 0) is 65.8 Å². The van der Waals surface area contributed by atoms with Crippen molar-refractivity contribution >= 4 is 100 Å². The predicted molar refractivity (Wildman–Crippen MR) is 567 cm³/mol. The van der Waals surface area contributed by atoms with Crippen molar-refractivity contribution in [2.45, 2.75) is 336 Å². The minimum Gasteiger partial charge on any atom is -0.481 e. The smallest absolute Gasteiger partial charge is 0.371 e. The number of likely N-dealkylation sites (tertiary alicyclic amines) is 2. The van der Waals surface area contributed by atoms with Crippen LogP contribution in [0.5, 0.6) is 11.8 Å². The number of aliphatic hydroxyl groups is 3. The molecule has 9 heterocycles. The fraction of sp³-hybridized carbons (Fsp3) is 0.638. The second-order valence-electron chi connectivity index (χ2n) is 40.1. The van der Waals surface area contributed by atoms with Crippen molar-refractivity contribution in [1.82, 2.24) is 85.6 Å². The Labute approximate surface area is 873 Å². The summed E-state index contributed by atoms with van der Waals surface area (Å²) in [5.74, 6) is 7.99. The van der Waals surface area contributed by atoms with Crippen LogP contribution in [0.4, 0.5) is 35.0 Å². The number of aromatic nitrogens is 12. The first-order chi connectivity index (χ1) is 70.0. The molecule has 3 aliphatic rings. The number of hydrogen-bond acceptors (Lipinski definition) is 30. The number of rotatable bonds is 44. The number of nitrogens with one attached hydrogen (secondary N) is 9. The molecule has 0 spiro atoms. The molecule has 7 aromatic heterocycles. The Bertz CT molecular complexity index is 4840. The highest BCUT2D eigenvalue weighted by Crippen LogP contribution is 2.31. The number of aromatic amines is 1. The highest BCUT2D eigenvalue weighted by atomic mass is 16.5. The van der Waals surface area contributed by atoms with E-state index in [1.54, 1.807) is 42.0 Å². The molecule has 3 fully saturated rings. The Hall–Kier alpha value is -13.2. The second kappa shape index (κ2) is 77.2. The van der Waals surface area contributed by atoms with Crippen LogP contribution >= 0.6 is 0 Å². The Morgan fingerprint density at radius 2 is 0.912 bits per heavy atom. The number of carbonyl (C=O) groups is 11.